The fourth-order valence-electron chi connectivity index (χ4n) is 2.60. The van der Waals surface area contributed by atoms with Crippen LogP contribution in [-0.4, -0.2) is 24.5 Å². The fraction of sp³-hybridized carbons (Fsp3) is 0.143. The van der Waals surface area contributed by atoms with E-state index in [9.17, 15) is 9.18 Å². The Bertz CT molecular complexity index is 931. The molecule has 0 aliphatic heterocycles. The zero-order valence-corrected chi connectivity index (χ0v) is 14.9. The fourth-order valence-corrected chi connectivity index (χ4v) is 2.60. The Labute approximate surface area is 157 Å². The number of methoxy groups -OCH3 is 1. The summed E-state index contributed by atoms with van der Waals surface area (Å²) in [5.74, 6) is 0.183. The third-order valence-electron chi connectivity index (χ3n) is 3.99. The Morgan fingerprint density at radius 2 is 1.96 bits per heavy atom. The quantitative estimate of drug-likeness (QED) is 0.666. The van der Waals surface area contributed by atoms with Gasteiger partial charge in [-0.15, -0.1) is 0 Å². The predicted molar refractivity (Wildman–Crippen MR) is 103 cm³/mol. The molecule has 27 heavy (non-hydrogen) atoms. The van der Waals surface area contributed by atoms with Gasteiger partial charge in [0.1, 0.15) is 11.6 Å². The molecule has 2 aromatic carbocycles. The molecule has 0 atom stereocenters. The van der Waals surface area contributed by atoms with Crippen LogP contribution in [0.25, 0.3) is 0 Å². The lowest BCUT2D eigenvalue weighted by molar-refractivity contribution is 0.0954. The summed E-state index contributed by atoms with van der Waals surface area (Å²) in [7, 11) is 1.62. The van der Waals surface area contributed by atoms with Gasteiger partial charge in [-0.1, -0.05) is 24.3 Å². The van der Waals surface area contributed by atoms with Gasteiger partial charge >= 0.3 is 0 Å². The molecule has 138 valence electrons. The second kappa shape index (κ2) is 8.80. The molecule has 6 heteroatoms. The lowest BCUT2D eigenvalue weighted by atomic mass is 10.1. The first kappa shape index (κ1) is 18.4. The van der Waals surface area contributed by atoms with Crippen LogP contribution < -0.4 is 15.4 Å². The number of nitrogens with one attached hydrogen (secondary N) is 2. The first-order valence-electron chi connectivity index (χ1n) is 8.53. The molecule has 2 N–H and O–H groups in total. The van der Waals surface area contributed by atoms with Crippen molar-refractivity contribution in [3.05, 3.63) is 83.9 Å². The molecule has 0 aliphatic carbocycles. The lowest BCUT2D eigenvalue weighted by Crippen LogP contribution is -2.25. The van der Waals surface area contributed by atoms with Crippen LogP contribution >= 0.6 is 0 Å². The van der Waals surface area contributed by atoms with Gasteiger partial charge in [-0.05, 0) is 42.3 Å². The van der Waals surface area contributed by atoms with E-state index < -0.39 is 0 Å². The van der Waals surface area contributed by atoms with Gasteiger partial charge in [0.05, 0.1) is 30.2 Å². The summed E-state index contributed by atoms with van der Waals surface area (Å²) < 4.78 is 18.9. The number of amides is 1. The largest absolute Gasteiger partial charge is 0.497 e. The number of rotatable bonds is 7. The Morgan fingerprint density at radius 3 is 2.78 bits per heavy atom. The molecule has 3 aromatic rings. The summed E-state index contributed by atoms with van der Waals surface area (Å²) in [4.78, 5) is 16.4. The van der Waals surface area contributed by atoms with Gasteiger partial charge in [0.25, 0.3) is 5.91 Å². The lowest BCUT2D eigenvalue weighted by Gasteiger charge is -2.09. The number of carbonyl (C=O) groups excluding carboxylic acids is 1. The highest BCUT2D eigenvalue weighted by Crippen LogP contribution is 2.19. The highest BCUT2D eigenvalue weighted by molar-refractivity contribution is 5.94. The van der Waals surface area contributed by atoms with Crippen molar-refractivity contribution in [1.29, 1.82) is 0 Å². The third-order valence-corrected chi connectivity index (χ3v) is 3.99. The van der Waals surface area contributed by atoms with E-state index in [1.807, 2.05) is 24.3 Å². The van der Waals surface area contributed by atoms with Crippen molar-refractivity contribution in [2.45, 2.75) is 6.42 Å². The molecule has 0 aliphatic rings. The van der Waals surface area contributed by atoms with E-state index in [0.29, 0.717) is 29.9 Å². The van der Waals surface area contributed by atoms with Gasteiger partial charge in [-0.2, -0.15) is 0 Å². The molecule has 0 saturated carbocycles. The first-order chi connectivity index (χ1) is 13.2. The third kappa shape index (κ3) is 5.04. The number of anilines is 2. The molecule has 1 heterocycles. The molecule has 1 amide bonds. The van der Waals surface area contributed by atoms with E-state index in [0.717, 1.165) is 11.3 Å². The number of nitrogens with zero attached hydrogens (tertiary/aromatic N) is 1. The Hall–Kier alpha value is -3.41. The standard InChI is InChI=1S/C21H20FN3O2/c1-27-18-6-4-5-15(11-18)9-10-24-21(26)16-12-17(14-23-13-16)25-20-8-3-2-7-19(20)22/h2-8,11-14,25H,9-10H2,1H3,(H,24,26). The van der Waals surface area contributed by atoms with Crippen molar-refractivity contribution in [1.82, 2.24) is 10.3 Å². The Balaban J connectivity index is 1.59. The molecule has 0 fully saturated rings. The minimum absolute atomic E-state index is 0.234. The second-order valence-corrected chi connectivity index (χ2v) is 5.92. The number of halogens is 1. The number of pyridine rings is 1. The maximum Gasteiger partial charge on any atom is 0.252 e. The van der Waals surface area contributed by atoms with Crippen LogP contribution in [0.4, 0.5) is 15.8 Å². The minimum atomic E-state index is -0.370. The average molecular weight is 365 g/mol. The first-order valence-corrected chi connectivity index (χ1v) is 8.53. The minimum Gasteiger partial charge on any atom is -0.497 e. The molecule has 0 spiro atoms. The molecular formula is C21H20FN3O2. The molecule has 0 saturated heterocycles. The smallest absolute Gasteiger partial charge is 0.252 e. The number of benzene rings is 2. The van der Waals surface area contributed by atoms with E-state index >= 15 is 0 Å². The number of hydrogen-bond donors (Lipinski definition) is 2. The van der Waals surface area contributed by atoms with Crippen LogP contribution in [0.15, 0.2) is 67.0 Å². The van der Waals surface area contributed by atoms with Crippen molar-refractivity contribution in [3.8, 4) is 5.75 Å². The molecule has 0 unspecified atom stereocenters. The van der Waals surface area contributed by atoms with E-state index in [1.165, 1.54) is 12.3 Å². The number of aromatic nitrogens is 1. The molecular weight excluding hydrogens is 345 g/mol. The molecule has 0 bridgehead atoms. The van der Waals surface area contributed by atoms with Crippen LogP contribution in [0, 0.1) is 5.82 Å². The molecule has 0 radical (unpaired) electrons. The van der Waals surface area contributed by atoms with Crippen LogP contribution in [0.5, 0.6) is 5.75 Å². The van der Waals surface area contributed by atoms with Crippen LogP contribution in [-0.2, 0) is 6.42 Å². The zero-order valence-electron chi connectivity index (χ0n) is 14.9. The van der Waals surface area contributed by atoms with Crippen LogP contribution in [0.1, 0.15) is 15.9 Å². The van der Waals surface area contributed by atoms with Crippen molar-refractivity contribution in [3.63, 3.8) is 0 Å². The van der Waals surface area contributed by atoms with Gasteiger partial charge in [-0.25, -0.2) is 4.39 Å². The van der Waals surface area contributed by atoms with E-state index in [2.05, 4.69) is 15.6 Å². The Morgan fingerprint density at radius 1 is 1.11 bits per heavy atom. The van der Waals surface area contributed by atoms with Gasteiger partial charge in [0.2, 0.25) is 0 Å². The summed E-state index contributed by atoms with van der Waals surface area (Å²) in [6, 6.07) is 15.7. The molecule has 1 aromatic heterocycles. The molecule has 5 nitrogen and oxygen atoms in total. The second-order valence-electron chi connectivity index (χ2n) is 5.92. The monoisotopic (exact) mass is 365 g/mol. The number of hydrogen-bond acceptors (Lipinski definition) is 4. The van der Waals surface area contributed by atoms with Gasteiger partial charge < -0.3 is 15.4 Å². The van der Waals surface area contributed by atoms with Gasteiger partial charge in [0.15, 0.2) is 0 Å². The zero-order chi connectivity index (χ0) is 19.1. The average Bonchev–Trinajstić information content (AvgIpc) is 2.70. The predicted octanol–water partition coefficient (Wildman–Crippen LogP) is 3.95. The van der Waals surface area contributed by atoms with Crippen molar-refractivity contribution < 1.29 is 13.9 Å². The van der Waals surface area contributed by atoms with E-state index in [1.54, 1.807) is 37.6 Å². The van der Waals surface area contributed by atoms with Gasteiger partial charge in [0, 0.05) is 12.7 Å². The summed E-state index contributed by atoms with van der Waals surface area (Å²) in [6.45, 7) is 0.483. The molecule has 3 rings (SSSR count). The normalized spacial score (nSPS) is 10.3. The van der Waals surface area contributed by atoms with Crippen molar-refractivity contribution >= 4 is 17.3 Å². The van der Waals surface area contributed by atoms with Crippen molar-refractivity contribution in [2.75, 3.05) is 19.0 Å². The van der Waals surface area contributed by atoms with Crippen LogP contribution in [0.3, 0.4) is 0 Å². The highest BCUT2D eigenvalue weighted by Gasteiger charge is 2.08. The van der Waals surface area contributed by atoms with E-state index in [4.69, 9.17) is 4.74 Å². The summed E-state index contributed by atoms with van der Waals surface area (Å²) in [5.41, 5.74) is 2.35. The van der Waals surface area contributed by atoms with E-state index in [-0.39, 0.29) is 11.7 Å². The topological polar surface area (TPSA) is 63.2 Å². The summed E-state index contributed by atoms with van der Waals surface area (Å²) in [5, 5.41) is 5.80. The number of ether oxygens (including phenoxy) is 1. The maximum atomic E-state index is 13.7. The van der Waals surface area contributed by atoms with Crippen LogP contribution in [0.2, 0.25) is 0 Å². The summed E-state index contributed by atoms with van der Waals surface area (Å²) in [6.07, 6.45) is 3.70. The van der Waals surface area contributed by atoms with Gasteiger partial charge in [-0.3, -0.25) is 9.78 Å². The number of para-hydroxylation sites is 1. The highest BCUT2D eigenvalue weighted by atomic mass is 19.1. The number of carbonyl (C=O) groups is 1. The SMILES string of the molecule is COc1cccc(CCNC(=O)c2cncc(Nc3ccccc3F)c2)c1. The maximum absolute atomic E-state index is 13.7. The Kier molecular flexibility index (Phi) is 5.99. The summed E-state index contributed by atoms with van der Waals surface area (Å²) >= 11 is 0. The van der Waals surface area contributed by atoms with Crippen molar-refractivity contribution in [2.24, 2.45) is 0 Å².